The molecule has 0 aliphatic heterocycles. The molecular formula is C10H12N6O2. The predicted octanol–water partition coefficient (Wildman–Crippen LogP) is -0.523. The molecule has 1 aromatic carbocycles. The van der Waals surface area contributed by atoms with Crippen LogP contribution in [0.1, 0.15) is 5.82 Å². The number of tetrazole rings is 1. The van der Waals surface area contributed by atoms with E-state index in [1.165, 1.54) is 0 Å². The van der Waals surface area contributed by atoms with Gasteiger partial charge in [0.25, 0.3) is 5.91 Å². The molecular weight excluding hydrogens is 236 g/mol. The van der Waals surface area contributed by atoms with Crippen molar-refractivity contribution >= 4 is 11.6 Å². The lowest BCUT2D eigenvalue weighted by Crippen LogP contribution is -2.28. The smallest absolute Gasteiger partial charge is 0.258 e. The minimum atomic E-state index is -0.276. The van der Waals surface area contributed by atoms with Crippen LogP contribution in [0.3, 0.4) is 0 Å². The predicted molar refractivity (Wildman–Crippen MR) is 62.4 cm³/mol. The molecule has 2 aromatic rings. The molecule has 8 heteroatoms. The summed E-state index contributed by atoms with van der Waals surface area (Å²) >= 11 is 0. The standard InChI is InChI=1S/C10H12N6O2/c11-7-2-1-3-8(4-7)18-6-10(17)12-5-9-13-15-16-14-9/h1-4H,5-6,11H2,(H,12,17)(H,13,14,15,16). The Morgan fingerprint density at radius 3 is 3.11 bits per heavy atom. The molecule has 0 bridgehead atoms. The number of amides is 1. The Kier molecular flexibility index (Phi) is 3.69. The van der Waals surface area contributed by atoms with Crippen LogP contribution < -0.4 is 15.8 Å². The van der Waals surface area contributed by atoms with E-state index in [2.05, 4.69) is 25.9 Å². The molecule has 0 aliphatic carbocycles. The summed E-state index contributed by atoms with van der Waals surface area (Å²) in [5.41, 5.74) is 6.16. The number of benzene rings is 1. The van der Waals surface area contributed by atoms with Crippen molar-refractivity contribution in [1.29, 1.82) is 0 Å². The highest BCUT2D eigenvalue weighted by atomic mass is 16.5. The molecule has 0 radical (unpaired) electrons. The second kappa shape index (κ2) is 5.62. The Labute approximate surface area is 103 Å². The topological polar surface area (TPSA) is 119 Å². The number of anilines is 1. The van der Waals surface area contributed by atoms with E-state index < -0.39 is 0 Å². The number of hydrogen-bond donors (Lipinski definition) is 3. The normalized spacial score (nSPS) is 10.0. The first-order valence-electron chi connectivity index (χ1n) is 5.21. The third-order valence-corrected chi connectivity index (χ3v) is 2.06. The van der Waals surface area contributed by atoms with Crippen molar-refractivity contribution in [2.24, 2.45) is 0 Å². The van der Waals surface area contributed by atoms with Gasteiger partial charge in [-0.1, -0.05) is 11.3 Å². The molecule has 0 atom stereocenters. The van der Waals surface area contributed by atoms with E-state index in [4.69, 9.17) is 10.5 Å². The van der Waals surface area contributed by atoms with Crippen molar-refractivity contribution in [1.82, 2.24) is 25.9 Å². The molecule has 8 nitrogen and oxygen atoms in total. The zero-order valence-corrected chi connectivity index (χ0v) is 9.46. The zero-order chi connectivity index (χ0) is 12.8. The number of carbonyl (C=O) groups is 1. The van der Waals surface area contributed by atoms with E-state index in [9.17, 15) is 4.79 Å². The summed E-state index contributed by atoms with van der Waals surface area (Å²) in [6, 6.07) is 6.86. The SMILES string of the molecule is Nc1cccc(OCC(=O)NCc2nn[nH]n2)c1. The van der Waals surface area contributed by atoms with Crippen LogP contribution in [0.4, 0.5) is 5.69 Å². The average Bonchev–Trinajstić information content (AvgIpc) is 2.87. The van der Waals surface area contributed by atoms with E-state index in [1.807, 2.05) is 0 Å². The number of nitrogens with zero attached hydrogens (tertiary/aromatic N) is 3. The third kappa shape index (κ3) is 3.44. The van der Waals surface area contributed by atoms with Gasteiger partial charge in [0, 0.05) is 11.8 Å². The molecule has 2 rings (SSSR count). The van der Waals surface area contributed by atoms with Crippen LogP contribution in [0.25, 0.3) is 0 Å². The molecule has 18 heavy (non-hydrogen) atoms. The van der Waals surface area contributed by atoms with Crippen molar-refractivity contribution in [2.45, 2.75) is 6.54 Å². The maximum atomic E-state index is 11.4. The van der Waals surface area contributed by atoms with E-state index in [0.717, 1.165) is 0 Å². The summed E-state index contributed by atoms with van der Waals surface area (Å²) in [4.78, 5) is 11.4. The van der Waals surface area contributed by atoms with Gasteiger partial charge < -0.3 is 15.8 Å². The van der Waals surface area contributed by atoms with Crippen molar-refractivity contribution in [3.8, 4) is 5.75 Å². The lowest BCUT2D eigenvalue weighted by atomic mass is 10.3. The first-order chi connectivity index (χ1) is 8.74. The van der Waals surface area contributed by atoms with E-state index in [1.54, 1.807) is 24.3 Å². The maximum Gasteiger partial charge on any atom is 0.258 e. The average molecular weight is 248 g/mol. The fourth-order valence-corrected chi connectivity index (χ4v) is 1.24. The number of rotatable bonds is 5. The van der Waals surface area contributed by atoms with Crippen molar-refractivity contribution in [3.63, 3.8) is 0 Å². The van der Waals surface area contributed by atoms with Gasteiger partial charge in [-0.2, -0.15) is 5.21 Å². The largest absolute Gasteiger partial charge is 0.484 e. The second-order valence-corrected chi connectivity index (χ2v) is 3.47. The van der Waals surface area contributed by atoms with Crippen molar-refractivity contribution in [3.05, 3.63) is 30.1 Å². The van der Waals surface area contributed by atoms with Gasteiger partial charge in [0.15, 0.2) is 12.4 Å². The fraction of sp³-hybridized carbons (Fsp3) is 0.200. The number of carbonyl (C=O) groups excluding carboxylic acids is 1. The Bertz CT molecular complexity index is 513. The van der Waals surface area contributed by atoms with Crippen molar-refractivity contribution in [2.75, 3.05) is 12.3 Å². The summed E-state index contributed by atoms with van der Waals surface area (Å²) in [5.74, 6) is 0.680. The van der Waals surface area contributed by atoms with Gasteiger partial charge >= 0.3 is 0 Å². The van der Waals surface area contributed by atoms with Gasteiger partial charge in [-0.3, -0.25) is 4.79 Å². The Balaban J connectivity index is 1.75. The first-order valence-corrected chi connectivity index (χ1v) is 5.21. The van der Waals surface area contributed by atoms with Crippen LogP contribution in [0.15, 0.2) is 24.3 Å². The quantitative estimate of drug-likeness (QED) is 0.612. The van der Waals surface area contributed by atoms with E-state index in [-0.39, 0.29) is 19.1 Å². The number of nitrogen functional groups attached to an aromatic ring is 1. The van der Waals surface area contributed by atoms with Gasteiger partial charge in [0.1, 0.15) is 5.75 Å². The number of nitrogens with one attached hydrogen (secondary N) is 2. The van der Waals surface area contributed by atoms with E-state index in [0.29, 0.717) is 17.3 Å². The molecule has 1 heterocycles. The minimum Gasteiger partial charge on any atom is -0.484 e. The molecule has 1 amide bonds. The molecule has 1 aromatic heterocycles. The van der Waals surface area contributed by atoms with Gasteiger partial charge in [-0.05, 0) is 12.1 Å². The number of ether oxygens (including phenoxy) is 1. The van der Waals surface area contributed by atoms with Crippen LogP contribution in [0.5, 0.6) is 5.75 Å². The molecule has 94 valence electrons. The highest BCUT2D eigenvalue weighted by Gasteiger charge is 2.04. The monoisotopic (exact) mass is 248 g/mol. The van der Waals surface area contributed by atoms with E-state index >= 15 is 0 Å². The van der Waals surface area contributed by atoms with Crippen LogP contribution in [0, 0.1) is 0 Å². The zero-order valence-electron chi connectivity index (χ0n) is 9.46. The van der Waals surface area contributed by atoms with Gasteiger partial charge in [-0.25, -0.2) is 0 Å². The number of nitrogens with two attached hydrogens (primary N) is 1. The molecule has 0 saturated heterocycles. The number of aromatic nitrogens is 4. The third-order valence-electron chi connectivity index (χ3n) is 2.06. The fourth-order valence-electron chi connectivity index (χ4n) is 1.24. The second-order valence-electron chi connectivity index (χ2n) is 3.47. The lowest BCUT2D eigenvalue weighted by Gasteiger charge is -2.06. The molecule has 0 unspecified atom stereocenters. The highest BCUT2D eigenvalue weighted by Crippen LogP contribution is 2.13. The lowest BCUT2D eigenvalue weighted by molar-refractivity contribution is -0.123. The highest BCUT2D eigenvalue weighted by molar-refractivity contribution is 5.77. The Hall–Kier alpha value is -2.64. The van der Waals surface area contributed by atoms with Crippen LogP contribution in [-0.4, -0.2) is 33.1 Å². The Morgan fingerprint density at radius 1 is 1.50 bits per heavy atom. The molecule has 0 fully saturated rings. The van der Waals surface area contributed by atoms with Crippen LogP contribution in [0.2, 0.25) is 0 Å². The molecule has 4 N–H and O–H groups in total. The number of H-pyrrole nitrogens is 1. The molecule has 0 spiro atoms. The van der Waals surface area contributed by atoms with Gasteiger partial charge in [0.2, 0.25) is 0 Å². The summed E-state index contributed by atoms with van der Waals surface area (Å²) in [6.07, 6.45) is 0. The minimum absolute atomic E-state index is 0.0959. The summed E-state index contributed by atoms with van der Waals surface area (Å²) in [6.45, 7) is 0.108. The van der Waals surface area contributed by atoms with Crippen molar-refractivity contribution < 1.29 is 9.53 Å². The maximum absolute atomic E-state index is 11.4. The number of hydrogen-bond acceptors (Lipinski definition) is 6. The van der Waals surface area contributed by atoms with Gasteiger partial charge in [0.05, 0.1) is 6.54 Å². The molecule has 0 saturated carbocycles. The van der Waals surface area contributed by atoms with Crippen LogP contribution >= 0.6 is 0 Å². The first kappa shape index (κ1) is 11.8. The number of aromatic amines is 1. The van der Waals surface area contributed by atoms with Crippen LogP contribution in [-0.2, 0) is 11.3 Å². The summed E-state index contributed by atoms with van der Waals surface area (Å²) in [5, 5.41) is 15.6. The Morgan fingerprint density at radius 2 is 2.39 bits per heavy atom. The molecule has 0 aliphatic rings. The summed E-state index contributed by atoms with van der Waals surface area (Å²) in [7, 11) is 0. The van der Waals surface area contributed by atoms with Gasteiger partial charge in [-0.15, -0.1) is 10.2 Å². The summed E-state index contributed by atoms with van der Waals surface area (Å²) < 4.78 is 5.26.